The van der Waals surface area contributed by atoms with E-state index in [4.69, 9.17) is 18.2 Å². The van der Waals surface area contributed by atoms with E-state index in [9.17, 15) is 9.00 Å². The molecule has 0 amide bonds. The van der Waals surface area contributed by atoms with E-state index in [1.54, 1.807) is 13.8 Å². The van der Waals surface area contributed by atoms with Crippen molar-refractivity contribution in [2.75, 3.05) is 0 Å². The number of carbonyl (C=O) groups is 1. The summed E-state index contributed by atoms with van der Waals surface area (Å²) in [6.45, 7) is 6.91. The van der Waals surface area contributed by atoms with Gasteiger partial charge in [0.2, 0.25) is 0 Å². The van der Waals surface area contributed by atoms with Crippen LogP contribution in [-0.4, -0.2) is 38.6 Å². The van der Waals surface area contributed by atoms with Crippen LogP contribution in [0, 0.1) is 0 Å². The van der Waals surface area contributed by atoms with Gasteiger partial charge in [-0.15, -0.1) is 0 Å². The first kappa shape index (κ1) is 13.7. The highest BCUT2D eigenvalue weighted by molar-refractivity contribution is 7.74. The topological polar surface area (TPSA) is 82.1 Å². The zero-order valence-corrected chi connectivity index (χ0v) is 11.1. The number of hydrogen-bond acceptors (Lipinski definition) is 5. The van der Waals surface area contributed by atoms with Crippen LogP contribution in [0.25, 0.3) is 0 Å². The molecule has 2 rings (SSSR count). The maximum absolute atomic E-state index is 11.5. The third kappa shape index (κ3) is 2.49. The molecule has 2 aliphatic rings. The molecule has 2 saturated heterocycles. The van der Waals surface area contributed by atoms with Crippen LogP contribution in [0.1, 0.15) is 26.7 Å². The molecule has 0 aromatic carbocycles. The van der Waals surface area contributed by atoms with Crippen molar-refractivity contribution in [3.8, 4) is 0 Å². The molecular weight excluding hydrogens is 260 g/mol. The maximum atomic E-state index is 11.5. The molecule has 7 heteroatoms. The second-order valence-electron chi connectivity index (χ2n) is 4.94. The molecule has 5 unspecified atom stereocenters. The van der Waals surface area contributed by atoms with Crippen molar-refractivity contribution in [1.82, 2.24) is 0 Å². The average molecular weight is 276 g/mol. The second kappa shape index (κ2) is 4.73. The lowest BCUT2D eigenvalue weighted by Gasteiger charge is -2.33. The molecule has 0 aromatic heterocycles. The molecule has 1 N–H and O–H groups in total. The summed E-state index contributed by atoms with van der Waals surface area (Å²) in [5.41, 5.74) is -0.374. The summed E-state index contributed by atoms with van der Waals surface area (Å²) in [6, 6.07) is 0. The van der Waals surface area contributed by atoms with Crippen molar-refractivity contribution < 1.29 is 27.2 Å². The molecule has 0 saturated carbocycles. The lowest BCUT2D eigenvalue weighted by Crippen LogP contribution is -2.45. The fourth-order valence-corrected chi connectivity index (χ4v) is 2.85. The van der Waals surface area contributed by atoms with Crippen LogP contribution >= 0.6 is 0 Å². The van der Waals surface area contributed by atoms with Crippen molar-refractivity contribution >= 4 is 17.3 Å². The van der Waals surface area contributed by atoms with Gasteiger partial charge in [0.15, 0.2) is 0 Å². The molecule has 6 nitrogen and oxygen atoms in total. The van der Waals surface area contributed by atoms with Crippen molar-refractivity contribution in [2.45, 2.75) is 50.6 Å². The van der Waals surface area contributed by atoms with Gasteiger partial charge in [0, 0.05) is 18.4 Å². The molecule has 2 heterocycles. The Bertz CT molecular complexity index is 408. The molecule has 102 valence electrons. The quantitative estimate of drug-likeness (QED) is 0.467. The first-order valence-electron chi connectivity index (χ1n) is 5.64. The first-order chi connectivity index (χ1) is 8.32. The molecule has 2 aliphatic heterocycles. The van der Waals surface area contributed by atoms with E-state index in [1.165, 1.54) is 0 Å². The number of hydrogen-bond donors (Lipinski definition) is 1. The Morgan fingerprint density at radius 3 is 2.72 bits per heavy atom. The Labute approximate surface area is 108 Å². The molecule has 0 spiro atoms. The summed E-state index contributed by atoms with van der Waals surface area (Å²) < 4.78 is 35.1. The Morgan fingerprint density at radius 2 is 2.28 bits per heavy atom. The fourth-order valence-electron chi connectivity index (χ4n) is 2.43. The number of fused-ring (bicyclic) bond motifs is 2. The Hall–Kier alpha value is -0.760. The highest BCUT2D eigenvalue weighted by Crippen LogP contribution is 2.45. The summed E-state index contributed by atoms with van der Waals surface area (Å²) in [6.07, 6.45) is -0.138. The third-order valence-corrected chi connectivity index (χ3v) is 3.78. The molecule has 0 aliphatic carbocycles. The number of esters is 1. The molecule has 2 bridgehead atoms. The minimum absolute atomic E-state index is 0.306. The van der Waals surface area contributed by atoms with E-state index in [1.807, 2.05) is 0 Å². The van der Waals surface area contributed by atoms with Gasteiger partial charge in [-0.25, -0.2) is 4.79 Å². The predicted octanol–water partition coefficient (Wildman–Crippen LogP) is 0.948. The molecule has 0 radical (unpaired) electrons. The van der Waals surface area contributed by atoms with E-state index in [0.717, 1.165) is 0 Å². The van der Waals surface area contributed by atoms with E-state index >= 15 is 0 Å². The lowest BCUT2D eigenvalue weighted by molar-refractivity contribution is -0.158. The zero-order chi connectivity index (χ0) is 13.5. The average Bonchev–Trinajstić information content (AvgIpc) is 2.73. The SMILES string of the molecule is C=C(C)C(=O)OC1(C)CC2OC1CC2OS(=O)O. The van der Waals surface area contributed by atoms with Gasteiger partial charge < -0.3 is 9.47 Å². The summed E-state index contributed by atoms with van der Waals surface area (Å²) in [5.74, 6) is -0.447. The highest BCUT2D eigenvalue weighted by Gasteiger charge is 2.57. The Balaban J connectivity index is 1.99. The zero-order valence-electron chi connectivity index (χ0n) is 10.3. The van der Waals surface area contributed by atoms with Crippen LogP contribution in [0.5, 0.6) is 0 Å². The van der Waals surface area contributed by atoms with Gasteiger partial charge in [-0.05, 0) is 13.8 Å². The normalized spacial score (nSPS) is 39.6. The van der Waals surface area contributed by atoms with Crippen LogP contribution in [0.4, 0.5) is 0 Å². The largest absolute Gasteiger partial charge is 0.453 e. The van der Waals surface area contributed by atoms with Gasteiger partial charge in [0.1, 0.15) is 17.8 Å². The molecule has 5 atom stereocenters. The highest BCUT2D eigenvalue weighted by atomic mass is 32.2. The predicted molar refractivity (Wildman–Crippen MR) is 62.9 cm³/mol. The van der Waals surface area contributed by atoms with Gasteiger partial charge in [-0.1, -0.05) is 6.58 Å². The fraction of sp³-hybridized carbons (Fsp3) is 0.727. The van der Waals surface area contributed by atoms with E-state index in [0.29, 0.717) is 18.4 Å². The molecular formula is C11H16O6S. The lowest BCUT2D eigenvalue weighted by atomic mass is 9.84. The van der Waals surface area contributed by atoms with Gasteiger partial charge in [0.25, 0.3) is 0 Å². The second-order valence-corrected chi connectivity index (χ2v) is 5.56. The summed E-state index contributed by atoms with van der Waals surface area (Å²) in [7, 11) is 0. The van der Waals surface area contributed by atoms with E-state index in [2.05, 4.69) is 6.58 Å². The Kier molecular flexibility index (Phi) is 3.59. The first-order valence-corrected chi connectivity index (χ1v) is 6.67. The number of carbonyl (C=O) groups excluding carboxylic acids is 1. The van der Waals surface area contributed by atoms with Gasteiger partial charge in [0.05, 0.1) is 6.10 Å². The third-order valence-electron chi connectivity index (χ3n) is 3.37. The summed E-state index contributed by atoms with van der Waals surface area (Å²) >= 11 is -2.30. The number of rotatable bonds is 4. The van der Waals surface area contributed by atoms with Crippen molar-refractivity contribution in [3.05, 3.63) is 12.2 Å². The maximum Gasteiger partial charge on any atom is 0.333 e. The van der Waals surface area contributed by atoms with Crippen LogP contribution in [0.15, 0.2) is 12.2 Å². The summed E-state index contributed by atoms with van der Waals surface area (Å²) in [5, 5.41) is 0. The van der Waals surface area contributed by atoms with Gasteiger partial charge in [-0.3, -0.25) is 8.74 Å². The van der Waals surface area contributed by atoms with Crippen LogP contribution < -0.4 is 0 Å². The standard InChI is InChI=1S/C11H16O6S/c1-6(2)10(12)16-11(3)5-8-7(17-18(13)14)4-9(11)15-8/h7-9H,1,4-5H2,2-3H3,(H,13,14). The van der Waals surface area contributed by atoms with Crippen molar-refractivity contribution in [2.24, 2.45) is 0 Å². The van der Waals surface area contributed by atoms with Crippen LogP contribution in [0.3, 0.4) is 0 Å². The van der Waals surface area contributed by atoms with E-state index < -0.39 is 29.0 Å². The van der Waals surface area contributed by atoms with Crippen LogP contribution in [-0.2, 0) is 29.8 Å². The molecule has 18 heavy (non-hydrogen) atoms. The van der Waals surface area contributed by atoms with Gasteiger partial charge >= 0.3 is 17.3 Å². The van der Waals surface area contributed by atoms with Crippen LogP contribution in [0.2, 0.25) is 0 Å². The minimum Gasteiger partial charge on any atom is -0.453 e. The van der Waals surface area contributed by atoms with E-state index in [-0.39, 0.29) is 12.2 Å². The molecule has 2 fully saturated rings. The van der Waals surface area contributed by atoms with Gasteiger partial charge in [-0.2, -0.15) is 4.21 Å². The monoisotopic (exact) mass is 276 g/mol. The number of ether oxygens (including phenoxy) is 2. The smallest absolute Gasteiger partial charge is 0.333 e. The van der Waals surface area contributed by atoms with Crippen molar-refractivity contribution in [1.29, 1.82) is 0 Å². The Morgan fingerprint density at radius 1 is 1.61 bits per heavy atom. The summed E-state index contributed by atoms with van der Waals surface area (Å²) in [4.78, 5) is 11.5. The van der Waals surface area contributed by atoms with Crippen molar-refractivity contribution in [3.63, 3.8) is 0 Å². The molecule has 0 aromatic rings. The minimum atomic E-state index is -2.30.